The normalized spacial score (nSPS) is 10.7. The largest absolute Gasteiger partial charge is 0.140 e. The lowest BCUT2D eigenvalue weighted by Gasteiger charge is -1.92. The highest BCUT2D eigenvalue weighted by atomic mass is 32.1. The highest BCUT2D eigenvalue weighted by molar-refractivity contribution is 7.33. The number of aryl methyl sites for hydroxylation is 2. The van der Waals surface area contributed by atoms with Crippen molar-refractivity contribution >= 4 is 37.2 Å². The summed E-state index contributed by atoms with van der Waals surface area (Å²) in [7, 11) is 2.81. The van der Waals surface area contributed by atoms with Gasteiger partial charge in [-0.1, -0.05) is 0 Å². The van der Waals surface area contributed by atoms with Crippen LogP contribution in [0.15, 0.2) is 18.2 Å². The molecule has 1 unspecified atom stereocenters. The van der Waals surface area contributed by atoms with Crippen LogP contribution in [0.5, 0.6) is 0 Å². The number of hydrogen-bond donors (Lipinski definition) is 0. The van der Waals surface area contributed by atoms with Crippen molar-refractivity contribution in [2.45, 2.75) is 13.8 Å². The first-order chi connectivity index (χ1) is 6.16. The third-order valence-corrected chi connectivity index (χ3v) is 4.76. The fourth-order valence-corrected chi connectivity index (χ4v) is 4.02. The summed E-state index contributed by atoms with van der Waals surface area (Å²) in [5, 5.41) is 1.32. The fourth-order valence-electron chi connectivity index (χ4n) is 1.28. The predicted octanol–water partition coefficient (Wildman–Crippen LogP) is 3.59. The summed E-state index contributed by atoms with van der Waals surface area (Å²) < 4.78 is 0. The Balaban J connectivity index is 2.51. The topological polar surface area (TPSA) is 0 Å². The summed E-state index contributed by atoms with van der Waals surface area (Å²) >= 11 is 3.74. The van der Waals surface area contributed by atoms with Crippen LogP contribution in [0.1, 0.15) is 9.75 Å². The Labute approximate surface area is 88.8 Å². The van der Waals surface area contributed by atoms with Crippen molar-refractivity contribution in [3.8, 4) is 9.75 Å². The van der Waals surface area contributed by atoms with Crippen molar-refractivity contribution in [2.24, 2.45) is 0 Å². The highest BCUT2D eigenvalue weighted by Crippen LogP contribution is 2.32. The summed E-state index contributed by atoms with van der Waals surface area (Å²) in [6, 6.07) is 6.61. The molecule has 1 atom stereocenters. The highest BCUT2D eigenvalue weighted by Gasteiger charge is 2.07. The first kappa shape index (κ1) is 9.39. The monoisotopic (exact) mass is 226 g/mol. The second kappa shape index (κ2) is 3.53. The maximum Gasteiger partial charge on any atom is 0.0516 e. The summed E-state index contributed by atoms with van der Waals surface area (Å²) in [6.45, 7) is 4.30. The van der Waals surface area contributed by atoms with E-state index in [1.165, 1.54) is 24.8 Å². The molecule has 0 aliphatic heterocycles. The van der Waals surface area contributed by atoms with Gasteiger partial charge in [0.1, 0.15) is 0 Å². The van der Waals surface area contributed by atoms with E-state index in [-0.39, 0.29) is 0 Å². The van der Waals surface area contributed by atoms with E-state index in [4.69, 9.17) is 0 Å². The van der Waals surface area contributed by atoms with Gasteiger partial charge in [-0.25, -0.2) is 0 Å². The molecule has 0 fully saturated rings. The van der Waals surface area contributed by atoms with Crippen LogP contribution < -0.4 is 5.30 Å². The molecule has 0 aliphatic carbocycles. The van der Waals surface area contributed by atoms with Gasteiger partial charge >= 0.3 is 0 Å². The van der Waals surface area contributed by atoms with E-state index in [9.17, 15) is 0 Å². The van der Waals surface area contributed by atoms with Crippen LogP contribution >= 0.6 is 31.9 Å². The Bertz CT molecular complexity index is 426. The minimum atomic E-state index is 1.32. The lowest BCUT2D eigenvalue weighted by Crippen LogP contribution is -1.85. The molecular formula is C10H11PS2. The van der Waals surface area contributed by atoms with E-state index in [0.717, 1.165) is 0 Å². The number of hydrogen-bond acceptors (Lipinski definition) is 2. The van der Waals surface area contributed by atoms with Gasteiger partial charge in [-0.15, -0.1) is 31.9 Å². The van der Waals surface area contributed by atoms with E-state index >= 15 is 0 Å². The maximum atomic E-state index is 2.81. The molecular weight excluding hydrogens is 215 g/mol. The van der Waals surface area contributed by atoms with Crippen molar-refractivity contribution in [3.05, 3.63) is 28.0 Å². The van der Waals surface area contributed by atoms with Crippen LogP contribution in [0.25, 0.3) is 9.75 Å². The number of rotatable bonds is 1. The molecule has 0 saturated carbocycles. The zero-order chi connectivity index (χ0) is 9.42. The molecule has 0 spiro atoms. The minimum Gasteiger partial charge on any atom is -0.140 e. The summed E-state index contributed by atoms with van der Waals surface area (Å²) in [5.41, 5.74) is 0. The molecule has 0 nitrogen and oxygen atoms in total. The second-order valence-electron chi connectivity index (χ2n) is 3.05. The van der Waals surface area contributed by atoms with Crippen LogP contribution in [0.3, 0.4) is 0 Å². The van der Waals surface area contributed by atoms with E-state index < -0.39 is 0 Å². The zero-order valence-electron chi connectivity index (χ0n) is 7.63. The Morgan fingerprint density at radius 1 is 1.08 bits per heavy atom. The molecule has 2 rings (SSSR count). The molecule has 0 N–H and O–H groups in total. The van der Waals surface area contributed by atoms with Crippen LogP contribution in [0.2, 0.25) is 0 Å². The Morgan fingerprint density at radius 3 is 2.31 bits per heavy atom. The van der Waals surface area contributed by atoms with Gasteiger partial charge < -0.3 is 0 Å². The zero-order valence-corrected chi connectivity index (χ0v) is 10.4. The first-order valence-corrected chi connectivity index (χ1v) is 6.30. The van der Waals surface area contributed by atoms with Crippen LogP contribution in [0, 0.1) is 13.8 Å². The van der Waals surface area contributed by atoms with Gasteiger partial charge in [0.05, 0.1) is 4.88 Å². The lowest BCUT2D eigenvalue weighted by molar-refractivity contribution is 1.64. The van der Waals surface area contributed by atoms with Crippen LogP contribution in [-0.4, -0.2) is 0 Å². The maximum absolute atomic E-state index is 2.81. The Hall–Kier alpha value is -0.170. The lowest BCUT2D eigenvalue weighted by atomic mass is 10.3. The second-order valence-corrected chi connectivity index (χ2v) is 6.22. The molecule has 0 amide bonds. The van der Waals surface area contributed by atoms with E-state index in [0.29, 0.717) is 0 Å². The van der Waals surface area contributed by atoms with Gasteiger partial charge in [-0.3, -0.25) is 0 Å². The predicted molar refractivity (Wildman–Crippen MR) is 66.5 cm³/mol. The molecule has 0 aliphatic rings. The van der Waals surface area contributed by atoms with E-state index in [1.807, 2.05) is 22.7 Å². The van der Waals surface area contributed by atoms with Crippen LogP contribution in [0.4, 0.5) is 0 Å². The molecule has 0 aromatic carbocycles. The fraction of sp³-hybridized carbons (Fsp3) is 0.200. The quantitative estimate of drug-likeness (QED) is 0.652. The van der Waals surface area contributed by atoms with Gasteiger partial charge in [0, 0.05) is 14.6 Å². The van der Waals surface area contributed by atoms with Crippen molar-refractivity contribution in [2.75, 3.05) is 0 Å². The SMILES string of the molecule is Cc1ccc(-c2sc(C)cc2P)s1. The number of thiophene rings is 2. The van der Waals surface area contributed by atoms with Crippen molar-refractivity contribution in [1.82, 2.24) is 0 Å². The van der Waals surface area contributed by atoms with Gasteiger partial charge in [-0.05, 0) is 37.4 Å². The molecule has 2 aromatic heterocycles. The van der Waals surface area contributed by atoms with Crippen molar-refractivity contribution < 1.29 is 0 Å². The summed E-state index contributed by atoms with van der Waals surface area (Å²) in [6.07, 6.45) is 0. The molecule has 0 radical (unpaired) electrons. The average molecular weight is 226 g/mol. The van der Waals surface area contributed by atoms with Gasteiger partial charge in [0.25, 0.3) is 0 Å². The average Bonchev–Trinajstić information content (AvgIpc) is 2.58. The molecule has 13 heavy (non-hydrogen) atoms. The molecule has 2 aromatic rings. The van der Waals surface area contributed by atoms with Crippen molar-refractivity contribution in [3.63, 3.8) is 0 Å². The third-order valence-electron chi connectivity index (χ3n) is 1.85. The van der Waals surface area contributed by atoms with E-state index in [1.54, 1.807) is 0 Å². The van der Waals surface area contributed by atoms with Gasteiger partial charge in [0.15, 0.2) is 0 Å². The summed E-state index contributed by atoms with van der Waals surface area (Å²) in [5.74, 6) is 0. The van der Waals surface area contributed by atoms with Crippen molar-refractivity contribution in [1.29, 1.82) is 0 Å². The minimum absolute atomic E-state index is 1.32. The molecule has 0 saturated heterocycles. The first-order valence-electron chi connectivity index (χ1n) is 4.09. The Kier molecular flexibility index (Phi) is 2.55. The third kappa shape index (κ3) is 1.85. The van der Waals surface area contributed by atoms with Gasteiger partial charge in [0.2, 0.25) is 0 Å². The Morgan fingerprint density at radius 2 is 1.85 bits per heavy atom. The molecule has 0 bridgehead atoms. The molecule has 68 valence electrons. The molecule has 2 heterocycles. The standard InChI is InChI=1S/C10H11PS2/c1-6-3-4-9(12-6)10-8(11)5-7(2)13-10/h3-5H,11H2,1-2H3. The smallest absolute Gasteiger partial charge is 0.0516 e. The summed E-state index contributed by atoms with van der Waals surface area (Å²) in [4.78, 5) is 5.55. The van der Waals surface area contributed by atoms with Gasteiger partial charge in [-0.2, -0.15) is 0 Å². The van der Waals surface area contributed by atoms with Crippen LogP contribution in [-0.2, 0) is 0 Å². The van der Waals surface area contributed by atoms with E-state index in [2.05, 4.69) is 41.3 Å². The molecule has 3 heteroatoms.